The third-order valence-corrected chi connectivity index (χ3v) is 3.20. The van der Waals surface area contributed by atoms with E-state index in [-0.39, 0.29) is 11.9 Å². The SMILES string of the molecule is CCc1nc(NC(=O)C2(O)CCCCC2)n[nH]1. The molecule has 2 rings (SSSR count). The maximum atomic E-state index is 11.9. The molecule has 1 heterocycles. The maximum Gasteiger partial charge on any atom is 0.258 e. The summed E-state index contributed by atoms with van der Waals surface area (Å²) < 4.78 is 0. The highest BCUT2D eigenvalue weighted by atomic mass is 16.3. The van der Waals surface area contributed by atoms with Gasteiger partial charge in [0.2, 0.25) is 5.95 Å². The zero-order chi connectivity index (χ0) is 12.3. The van der Waals surface area contributed by atoms with E-state index in [4.69, 9.17) is 0 Å². The van der Waals surface area contributed by atoms with Gasteiger partial charge in [0.1, 0.15) is 11.4 Å². The van der Waals surface area contributed by atoms with E-state index in [2.05, 4.69) is 20.5 Å². The molecule has 17 heavy (non-hydrogen) atoms. The highest BCUT2D eigenvalue weighted by Crippen LogP contribution is 2.28. The molecule has 0 radical (unpaired) electrons. The van der Waals surface area contributed by atoms with E-state index in [1.165, 1.54) is 0 Å². The number of anilines is 1. The molecule has 0 atom stereocenters. The molecule has 0 saturated heterocycles. The normalized spacial score (nSPS) is 18.9. The predicted octanol–water partition coefficient (Wildman–Crippen LogP) is 1.00. The van der Waals surface area contributed by atoms with Crippen LogP contribution in [0.5, 0.6) is 0 Å². The van der Waals surface area contributed by atoms with Gasteiger partial charge in [0, 0.05) is 6.42 Å². The topological polar surface area (TPSA) is 90.9 Å². The highest BCUT2D eigenvalue weighted by molar-refractivity contribution is 5.95. The number of rotatable bonds is 3. The van der Waals surface area contributed by atoms with Gasteiger partial charge in [-0.1, -0.05) is 26.2 Å². The molecule has 6 heteroatoms. The summed E-state index contributed by atoms with van der Waals surface area (Å²) in [7, 11) is 0. The van der Waals surface area contributed by atoms with E-state index >= 15 is 0 Å². The van der Waals surface area contributed by atoms with Crippen LogP contribution in [-0.2, 0) is 11.2 Å². The van der Waals surface area contributed by atoms with Crippen LogP contribution < -0.4 is 5.32 Å². The lowest BCUT2D eigenvalue weighted by Crippen LogP contribution is -2.44. The van der Waals surface area contributed by atoms with E-state index in [1.54, 1.807) is 0 Å². The number of aromatic nitrogens is 3. The molecule has 0 aromatic carbocycles. The maximum absolute atomic E-state index is 11.9. The van der Waals surface area contributed by atoms with Crippen LogP contribution in [0.1, 0.15) is 44.9 Å². The first kappa shape index (κ1) is 12.0. The number of hydrogen-bond donors (Lipinski definition) is 3. The Hall–Kier alpha value is -1.43. The van der Waals surface area contributed by atoms with Gasteiger partial charge in [0.05, 0.1) is 0 Å². The summed E-state index contributed by atoms with van der Waals surface area (Å²) in [4.78, 5) is 16.0. The van der Waals surface area contributed by atoms with E-state index < -0.39 is 5.60 Å². The summed E-state index contributed by atoms with van der Waals surface area (Å²) in [5.74, 6) is 0.570. The first-order chi connectivity index (χ1) is 8.14. The molecule has 0 unspecified atom stereocenters. The lowest BCUT2D eigenvalue weighted by Gasteiger charge is -2.29. The van der Waals surface area contributed by atoms with Gasteiger partial charge in [-0.25, -0.2) is 0 Å². The molecule has 0 spiro atoms. The fraction of sp³-hybridized carbons (Fsp3) is 0.727. The van der Waals surface area contributed by atoms with E-state index in [9.17, 15) is 9.90 Å². The van der Waals surface area contributed by atoms with Crippen molar-refractivity contribution in [1.82, 2.24) is 15.2 Å². The van der Waals surface area contributed by atoms with Crippen LogP contribution in [0.2, 0.25) is 0 Å². The van der Waals surface area contributed by atoms with Gasteiger partial charge in [0.15, 0.2) is 0 Å². The van der Waals surface area contributed by atoms with Crippen LogP contribution in [0.15, 0.2) is 0 Å². The molecule has 94 valence electrons. The molecule has 1 fully saturated rings. The Morgan fingerprint density at radius 1 is 1.47 bits per heavy atom. The van der Waals surface area contributed by atoms with Gasteiger partial charge >= 0.3 is 0 Å². The Bertz CT molecular complexity index is 396. The van der Waals surface area contributed by atoms with Crippen LogP contribution in [0.3, 0.4) is 0 Å². The predicted molar refractivity (Wildman–Crippen MR) is 62.4 cm³/mol. The average Bonchev–Trinajstić information content (AvgIpc) is 2.78. The molecule has 3 N–H and O–H groups in total. The van der Waals surface area contributed by atoms with E-state index in [0.29, 0.717) is 12.8 Å². The standard InChI is InChI=1S/C11H18N4O2/c1-2-8-12-10(15-14-8)13-9(16)11(17)6-4-3-5-7-11/h17H,2-7H2,1H3,(H2,12,13,14,15,16). The molecule has 1 aliphatic carbocycles. The summed E-state index contributed by atoms with van der Waals surface area (Å²) in [5.41, 5.74) is -1.24. The Labute approximate surface area is 99.8 Å². The highest BCUT2D eigenvalue weighted by Gasteiger charge is 2.37. The number of hydrogen-bond acceptors (Lipinski definition) is 4. The Morgan fingerprint density at radius 3 is 2.76 bits per heavy atom. The lowest BCUT2D eigenvalue weighted by atomic mass is 9.84. The van der Waals surface area contributed by atoms with Gasteiger partial charge < -0.3 is 5.11 Å². The quantitative estimate of drug-likeness (QED) is 0.732. The monoisotopic (exact) mass is 238 g/mol. The van der Waals surface area contributed by atoms with Crippen molar-refractivity contribution in [2.45, 2.75) is 51.0 Å². The van der Waals surface area contributed by atoms with Crippen molar-refractivity contribution in [3.8, 4) is 0 Å². The number of aliphatic hydroxyl groups is 1. The number of carbonyl (C=O) groups excluding carboxylic acids is 1. The van der Waals surface area contributed by atoms with Crippen molar-refractivity contribution in [1.29, 1.82) is 0 Å². The third kappa shape index (κ3) is 2.63. The van der Waals surface area contributed by atoms with Crippen molar-refractivity contribution in [3.63, 3.8) is 0 Å². The van der Waals surface area contributed by atoms with Gasteiger partial charge in [-0.05, 0) is 12.8 Å². The van der Waals surface area contributed by atoms with Crippen LogP contribution >= 0.6 is 0 Å². The first-order valence-corrected chi connectivity index (χ1v) is 6.09. The van der Waals surface area contributed by atoms with Crippen LogP contribution in [0, 0.1) is 0 Å². The summed E-state index contributed by atoms with van der Waals surface area (Å²) >= 11 is 0. The number of amides is 1. The smallest absolute Gasteiger partial charge is 0.258 e. The van der Waals surface area contributed by atoms with Crippen LogP contribution in [-0.4, -0.2) is 31.8 Å². The number of nitrogens with one attached hydrogen (secondary N) is 2. The fourth-order valence-corrected chi connectivity index (χ4v) is 2.09. The number of aromatic amines is 1. The minimum atomic E-state index is -1.24. The second-order valence-electron chi connectivity index (χ2n) is 4.51. The molecule has 1 aromatic heterocycles. The number of H-pyrrole nitrogens is 1. The minimum Gasteiger partial charge on any atom is -0.380 e. The Kier molecular flexibility index (Phi) is 3.42. The second-order valence-corrected chi connectivity index (χ2v) is 4.51. The first-order valence-electron chi connectivity index (χ1n) is 6.09. The molecule has 0 aliphatic heterocycles. The van der Waals surface area contributed by atoms with Gasteiger partial charge in [-0.3, -0.25) is 15.2 Å². The number of carbonyl (C=O) groups is 1. The molecule has 0 bridgehead atoms. The van der Waals surface area contributed by atoms with Crippen molar-refractivity contribution in [2.24, 2.45) is 0 Å². The zero-order valence-corrected chi connectivity index (χ0v) is 9.99. The Morgan fingerprint density at radius 2 is 2.18 bits per heavy atom. The minimum absolute atomic E-state index is 0.242. The second kappa shape index (κ2) is 4.83. The van der Waals surface area contributed by atoms with Crippen molar-refractivity contribution >= 4 is 11.9 Å². The Balaban J connectivity index is 2.00. The lowest BCUT2D eigenvalue weighted by molar-refractivity contribution is -0.137. The largest absolute Gasteiger partial charge is 0.380 e. The summed E-state index contributed by atoms with van der Waals surface area (Å²) in [5, 5.41) is 19.3. The van der Waals surface area contributed by atoms with Crippen LogP contribution in [0.25, 0.3) is 0 Å². The molecule has 1 aliphatic rings. The molecule has 1 amide bonds. The van der Waals surface area contributed by atoms with Crippen molar-refractivity contribution < 1.29 is 9.90 Å². The average molecular weight is 238 g/mol. The van der Waals surface area contributed by atoms with Gasteiger partial charge in [0.25, 0.3) is 5.91 Å². The number of nitrogens with zero attached hydrogens (tertiary/aromatic N) is 2. The molecular weight excluding hydrogens is 220 g/mol. The molecule has 1 aromatic rings. The van der Waals surface area contributed by atoms with E-state index in [1.807, 2.05) is 6.92 Å². The van der Waals surface area contributed by atoms with E-state index in [0.717, 1.165) is 31.5 Å². The number of aryl methyl sites for hydroxylation is 1. The zero-order valence-electron chi connectivity index (χ0n) is 9.99. The summed E-state index contributed by atoms with van der Waals surface area (Å²) in [6, 6.07) is 0. The summed E-state index contributed by atoms with van der Waals surface area (Å²) in [6.07, 6.45) is 4.62. The van der Waals surface area contributed by atoms with Crippen molar-refractivity contribution in [3.05, 3.63) is 5.82 Å². The molecule has 1 saturated carbocycles. The van der Waals surface area contributed by atoms with Crippen molar-refractivity contribution in [2.75, 3.05) is 5.32 Å². The van der Waals surface area contributed by atoms with Gasteiger partial charge in [-0.15, -0.1) is 5.10 Å². The molecular formula is C11H18N4O2. The van der Waals surface area contributed by atoms with Gasteiger partial charge in [-0.2, -0.15) is 4.98 Å². The summed E-state index contributed by atoms with van der Waals surface area (Å²) in [6.45, 7) is 1.95. The third-order valence-electron chi connectivity index (χ3n) is 3.20. The molecule has 6 nitrogen and oxygen atoms in total. The van der Waals surface area contributed by atoms with Crippen LogP contribution in [0.4, 0.5) is 5.95 Å². The fourth-order valence-electron chi connectivity index (χ4n) is 2.09.